The Bertz CT molecular complexity index is 1780. The Morgan fingerprint density at radius 3 is 2.20 bits per heavy atom. The van der Waals surface area contributed by atoms with E-state index in [9.17, 15) is 24.3 Å². The number of phenols is 1. The van der Waals surface area contributed by atoms with Crippen molar-refractivity contribution in [1.82, 2.24) is 4.57 Å². The van der Waals surface area contributed by atoms with Gasteiger partial charge in [0.15, 0.2) is 0 Å². The number of aryl methyl sites for hydroxylation is 1. The molecule has 3 atom stereocenters. The highest BCUT2D eigenvalue weighted by atomic mass is 32.2. The van der Waals surface area contributed by atoms with E-state index < -0.39 is 23.0 Å². The highest BCUT2D eigenvalue weighted by Gasteiger charge is 2.56. The number of carbonyl (C=O) groups excluding carboxylic acids is 3. The lowest BCUT2D eigenvalue weighted by molar-refractivity contribution is -0.122. The molecule has 3 heterocycles. The smallest absolute Gasteiger partial charge is 0.308 e. The van der Waals surface area contributed by atoms with Crippen molar-refractivity contribution in [2.75, 3.05) is 28.2 Å². The van der Waals surface area contributed by atoms with Gasteiger partial charge in [-0.05, 0) is 74.9 Å². The molecule has 226 valence electrons. The number of aromatic nitrogens is 1. The lowest BCUT2D eigenvalue weighted by Gasteiger charge is -2.31. The molecule has 1 saturated heterocycles. The Kier molecular flexibility index (Phi) is 8.08. The van der Waals surface area contributed by atoms with Crippen LogP contribution in [-0.2, 0) is 20.9 Å². The predicted octanol–water partition coefficient (Wildman–Crippen LogP) is 5.20. The van der Waals surface area contributed by atoms with E-state index in [0.29, 0.717) is 21.3 Å². The van der Waals surface area contributed by atoms with Crippen LogP contribution < -0.4 is 20.0 Å². The minimum absolute atomic E-state index is 0.0729. The molecule has 1 aromatic heterocycles. The second kappa shape index (κ2) is 12.0. The molecule has 0 radical (unpaired) electrons. The van der Waals surface area contributed by atoms with Crippen LogP contribution in [0.2, 0.25) is 0 Å². The molecule has 44 heavy (non-hydrogen) atoms. The van der Waals surface area contributed by atoms with Gasteiger partial charge in [0.1, 0.15) is 17.5 Å². The number of nitrogens with one attached hydrogen (secondary N) is 1. The first-order valence-electron chi connectivity index (χ1n) is 14.5. The fourth-order valence-electron chi connectivity index (χ4n) is 5.93. The zero-order valence-corrected chi connectivity index (χ0v) is 26.2. The number of hydrogen-bond donors (Lipinski definition) is 2. The van der Waals surface area contributed by atoms with Crippen molar-refractivity contribution in [3.8, 4) is 5.75 Å². The highest BCUT2D eigenvalue weighted by Crippen LogP contribution is 2.54. The first kappa shape index (κ1) is 29.7. The van der Waals surface area contributed by atoms with Gasteiger partial charge in [0, 0.05) is 35.3 Å². The predicted molar refractivity (Wildman–Crippen MR) is 174 cm³/mol. The quantitative estimate of drug-likeness (QED) is 0.204. The number of fused-ring (bicyclic) bond motifs is 2. The molecule has 6 rings (SSSR count). The third kappa shape index (κ3) is 5.30. The van der Waals surface area contributed by atoms with E-state index in [2.05, 4.69) is 24.1 Å². The van der Waals surface area contributed by atoms with E-state index in [1.54, 1.807) is 24.3 Å². The Hall–Kier alpha value is -4.35. The SMILES string of the molecule is CCN(CC)c1ccc([C@@H]2c3sc(=O)n(CC(=O)Nc4ccc(O)cc4)c3S[C@H]3C(=O)N(c4ccc(C)cc4)C(=O)[C@@H]23)cc1. The molecule has 11 heteroatoms. The van der Waals surface area contributed by atoms with Gasteiger partial charge in [-0.15, -0.1) is 0 Å². The maximum atomic E-state index is 14.1. The minimum Gasteiger partial charge on any atom is -0.508 e. The molecule has 2 N–H and O–H groups in total. The van der Waals surface area contributed by atoms with Gasteiger partial charge in [0.2, 0.25) is 17.7 Å². The van der Waals surface area contributed by atoms with Crippen LogP contribution in [0.4, 0.5) is 17.1 Å². The van der Waals surface area contributed by atoms with Gasteiger partial charge >= 0.3 is 4.87 Å². The fourth-order valence-corrected chi connectivity index (χ4v) is 8.71. The van der Waals surface area contributed by atoms with Gasteiger partial charge in [0.05, 0.1) is 16.6 Å². The number of imide groups is 1. The molecule has 0 spiro atoms. The molecule has 0 saturated carbocycles. The second-order valence-electron chi connectivity index (χ2n) is 10.9. The van der Waals surface area contributed by atoms with Crippen molar-refractivity contribution in [2.24, 2.45) is 5.92 Å². The van der Waals surface area contributed by atoms with Gasteiger partial charge in [-0.2, -0.15) is 0 Å². The summed E-state index contributed by atoms with van der Waals surface area (Å²) in [6, 6.07) is 21.3. The Balaban J connectivity index is 1.41. The maximum Gasteiger partial charge on any atom is 0.308 e. The summed E-state index contributed by atoms with van der Waals surface area (Å²) in [5.41, 5.74) is 3.90. The summed E-state index contributed by atoms with van der Waals surface area (Å²) in [6.07, 6.45) is 0. The number of hydrogen-bond acceptors (Lipinski definition) is 8. The van der Waals surface area contributed by atoms with Crippen molar-refractivity contribution >= 4 is 57.9 Å². The molecule has 3 amide bonds. The van der Waals surface area contributed by atoms with Crippen LogP contribution in [0.5, 0.6) is 5.75 Å². The summed E-state index contributed by atoms with van der Waals surface area (Å²) in [5.74, 6) is -2.22. The molecule has 0 aliphatic carbocycles. The molecule has 1 fully saturated rings. The second-order valence-corrected chi connectivity index (χ2v) is 13.0. The third-order valence-electron chi connectivity index (χ3n) is 8.18. The van der Waals surface area contributed by atoms with Crippen molar-refractivity contribution in [2.45, 2.75) is 43.5 Å². The molecule has 4 aromatic rings. The van der Waals surface area contributed by atoms with Crippen LogP contribution >= 0.6 is 23.1 Å². The summed E-state index contributed by atoms with van der Waals surface area (Å²) in [5, 5.41) is 12.1. The van der Waals surface area contributed by atoms with Gasteiger partial charge in [-0.1, -0.05) is 52.9 Å². The molecule has 0 bridgehead atoms. The van der Waals surface area contributed by atoms with Gasteiger partial charge in [0.25, 0.3) is 0 Å². The normalized spacial score (nSPS) is 19.1. The number of anilines is 3. The Morgan fingerprint density at radius 1 is 0.909 bits per heavy atom. The minimum atomic E-state index is -0.760. The fraction of sp³-hybridized carbons (Fsp3) is 0.273. The van der Waals surface area contributed by atoms with Gasteiger partial charge < -0.3 is 15.3 Å². The molecule has 2 aliphatic rings. The number of phenolic OH excluding ortho intramolecular Hbond substituents is 1. The van der Waals surface area contributed by atoms with E-state index in [1.165, 1.54) is 33.4 Å². The highest BCUT2D eigenvalue weighted by molar-refractivity contribution is 8.00. The van der Waals surface area contributed by atoms with Gasteiger partial charge in [-0.3, -0.25) is 23.7 Å². The average molecular weight is 629 g/mol. The van der Waals surface area contributed by atoms with E-state index in [4.69, 9.17) is 0 Å². The molecule has 3 aromatic carbocycles. The van der Waals surface area contributed by atoms with Crippen molar-refractivity contribution in [1.29, 1.82) is 0 Å². The first-order valence-corrected chi connectivity index (χ1v) is 16.2. The van der Waals surface area contributed by atoms with Crippen LogP contribution in [0.15, 0.2) is 82.6 Å². The summed E-state index contributed by atoms with van der Waals surface area (Å²) >= 11 is 2.21. The Labute approximate surface area is 263 Å². The van der Waals surface area contributed by atoms with Crippen molar-refractivity contribution in [3.05, 3.63) is 98.5 Å². The zero-order chi connectivity index (χ0) is 31.1. The number of amides is 3. The molecule has 0 unspecified atom stereocenters. The molecule has 9 nitrogen and oxygen atoms in total. The topological polar surface area (TPSA) is 112 Å². The number of thioether (sulfide) groups is 1. The monoisotopic (exact) mass is 628 g/mol. The largest absolute Gasteiger partial charge is 0.508 e. The zero-order valence-electron chi connectivity index (χ0n) is 24.5. The van der Waals surface area contributed by atoms with Crippen LogP contribution in [0.3, 0.4) is 0 Å². The van der Waals surface area contributed by atoms with Crippen LogP contribution in [0.25, 0.3) is 0 Å². The summed E-state index contributed by atoms with van der Waals surface area (Å²) in [7, 11) is 0. The lowest BCUT2D eigenvalue weighted by Crippen LogP contribution is -2.33. The van der Waals surface area contributed by atoms with Gasteiger partial charge in [-0.25, -0.2) is 4.90 Å². The number of benzene rings is 3. The summed E-state index contributed by atoms with van der Waals surface area (Å²) in [4.78, 5) is 58.4. The third-order valence-corrected chi connectivity index (χ3v) is 10.8. The van der Waals surface area contributed by atoms with E-state index in [0.717, 1.165) is 41.2 Å². The lowest BCUT2D eigenvalue weighted by atomic mass is 9.83. The van der Waals surface area contributed by atoms with Crippen molar-refractivity contribution in [3.63, 3.8) is 0 Å². The number of nitrogens with zero attached hydrogens (tertiary/aromatic N) is 3. The maximum absolute atomic E-state index is 14.1. The number of aromatic hydroxyl groups is 1. The van der Waals surface area contributed by atoms with Crippen molar-refractivity contribution < 1.29 is 19.5 Å². The Morgan fingerprint density at radius 2 is 1.57 bits per heavy atom. The van der Waals surface area contributed by atoms with E-state index in [1.807, 2.05) is 43.3 Å². The van der Waals surface area contributed by atoms with Crippen LogP contribution in [-0.4, -0.2) is 45.7 Å². The van der Waals surface area contributed by atoms with E-state index in [-0.39, 0.29) is 29.0 Å². The standard InChI is InChI=1S/C33H32N4O5S2/c1-4-35(5-2)22-14-8-20(9-15-22)26-27-28(31(41)37(30(27)40)23-12-6-19(3)7-13-23)43-32-29(26)44-33(42)36(32)18-25(39)34-21-10-16-24(38)17-11-21/h6-17,26-28,38H,4-5,18H2,1-3H3,(H,34,39)/t26-,27-,28+/m0/s1. The van der Waals surface area contributed by atoms with Crippen LogP contribution in [0.1, 0.15) is 35.8 Å². The number of carbonyl (C=O) groups is 3. The van der Waals surface area contributed by atoms with E-state index >= 15 is 0 Å². The summed E-state index contributed by atoms with van der Waals surface area (Å²) in [6.45, 7) is 7.56. The molecular formula is C33H32N4O5S2. The summed E-state index contributed by atoms with van der Waals surface area (Å²) < 4.78 is 1.40. The molecule has 2 aliphatic heterocycles. The number of thiazole rings is 1. The van der Waals surface area contributed by atoms with Crippen LogP contribution in [0, 0.1) is 12.8 Å². The molecular weight excluding hydrogens is 597 g/mol. The average Bonchev–Trinajstić information content (AvgIpc) is 3.46. The first-order chi connectivity index (χ1) is 21.2. The number of rotatable bonds is 8.